The van der Waals surface area contributed by atoms with E-state index < -0.39 is 0 Å². The van der Waals surface area contributed by atoms with Gasteiger partial charge in [0.1, 0.15) is 0 Å². The Balaban J connectivity index is 3.47. The zero-order chi connectivity index (χ0) is 8.20. The van der Waals surface area contributed by atoms with Crippen LogP contribution in [0.2, 0.25) is 0 Å². The molecule has 0 aliphatic heterocycles. The third kappa shape index (κ3) is 6.39. The van der Waals surface area contributed by atoms with Gasteiger partial charge in [0.15, 0.2) is 0 Å². The molecule has 0 rings (SSSR count). The third-order valence-electron chi connectivity index (χ3n) is 1.12. The van der Waals surface area contributed by atoms with Crippen LogP contribution in [0.3, 0.4) is 0 Å². The van der Waals surface area contributed by atoms with Gasteiger partial charge in [0.05, 0.1) is 0 Å². The minimum absolute atomic E-state index is 0.375. The van der Waals surface area contributed by atoms with Crippen molar-refractivity contribution in [1.82, 2.24) is 4.90 Å². The number of likely N-dealkylation sites (N-methyl/N-ethyl adjacent to an activating group) is 1. The molecular weight excluding hydrogens is 144 g/mol. The van der Waals surface area contributed by atoms with Gasteiger partial charge < -0.3 is 5.73 Å². The van der Waals surface area contributed by atoms with Gasteiger partial charge in [-0.2, -0.15) is 0 Å². The van der Waals surface area contributed by atoms with Crippen molar-refractivity contribution in [2.75, 3.05) is 44.8 Å². The van der Waals surface area contributed by atoms with Crippen LogP contribution in [0.25, 0.3) is 0 Å². The lowest BCUT2D eigenvalue weighted by molar-refractivity contribution is 0.402. The van der Waals surface area contributed by atoms with Gasteiger partial charge in [0.2, 0.25) is 0 Å². The molecule has 0 unspecified atom stereocenters. The SMILES string of the molecule is CN(CCN)CS(C)(C)C. The predicted octanol–water partition coefficient (Wildman–Crippen LogP) is 0.528. The Bertz CT molecular complexity index is 88.1. The maximum Gasteiger partial charge on any atom is 0.0280 e. The Morgan fingerprint density at radius 1 is 1.30 bits per heavy atom. The Labute approximate surface area is 66.1 Å². The monoisotopic (exact) mass is 164 g/mol. The molecule has 0 aromatic rings. The largest absolute Gasteiger partial charge is 0.329 e. The fourth-order valence-electron chi connectivity index (χ4n) is 0.946. The first-order valence-electron chi connectivity index (χ1n) is 3.50. The van der Waals surface area contributed by atoms with E-state index >= 15 is 0 Å². The van der Waals surface area contributed by atoms with Gasteiger partial charge >= 0.3 is 0 Å². The summed E-state index contributed by atoms with van der Waals surface area (Å²) >= 11 is 0. The van der Waals surface area contributed by atoms with Crippen molar-refractivity contribution in [3.8, 4) is 0 Å². The fraction of sp³-hybridized carbons (Fsp3) is 1.00. The number of nitrogens with two attached hydrogens (primary N) is 1. The minimum atomic E-state index is -0.375. The summed E-state index contributed by atoms with van der Waals surface area (Å²) in [4.78, 5) is 2.30. The van der Waals surface area contributed by atoms with Crippen LogP contribution in [0, 0.1) is 0 Å². The molecule has 0 radical (unpaired) electrons. The van der Waals surface area contributed by atoms with E-state index in [0.29, 0.717) is 0 Å². The normalized spacial score (nSPS) is 14.2. The van der Waals surface area contributed by atoms with E-state index in [4.69, 9.17) is 5.73 Å². The molecule has 0 aromatic heterocycles. The van der Waals surface area contributed by atoms with E-state index in [1.54, 1.807) is 0 Å². The van der Waals surface area contributed by atoms with Crippen LogP contribution in [-0.2, 0) is 0 Å². The lowest BCUT2D eigenvalue weighted by Gasteiger charge is -2.30. The molecule has 0 spiro atoms. The van der Waals surface area contributed by atoms with Crippen LogP contribution in [0.15, 0.2) is 0 Å². The van der Waals surface area contributed by atoms with E-state index in [9.17, 15) is 0 Å². The van der Waals surface area contributed by atoms with E-state index in [0.717, 1.165) is 13.1 Å². The molecule has 0 aliphatic carbocycles. The number of nitrogens with zero attached hydrogens (tertiary/aromatic N) is 1. The van der Waals surface area contributed by atoms with E-state index in [2.05, 4.69) is 30.7 Å². The molecule has 0 heterocycles. The van der Waals surface area contributed by atoms with Crippen LogP contribution in [0.5, 0.6) is 0 Å². The molecule has 3 heteroatoms. The number of rotatable bonds is 4. The van der Waals surface area contributed by atoms with Gasteiger partial charge in [-0.05, 0) is 25.8 Å². The Morgan fingerprint density at radius 3 is 2.10 bits per heavy atom. The maximum atomic E-state index is 5.42. The molecule has 2 nitrogen and oxygen atoms in total. The Kier molecular flexibility index (Phi) is 4.32. The first kappa shape index (κ1) is 10.3. The summed E-state index contributed by atoms with van der Waals surface area (Å²) in [6.07, 6.45) is 6.96. The summed E-state index contributed by atoms with van der Waals surface area (Å²) in [6.45, 7) is 1.79. The lowest BCUT2D eigenvalue weighted by Crippen LogP contribution is -2.28. The molecule has 0 bridgehead atoms. The van der Waals surface area contributed by atoms with E-state index in [-0.39, 0.29) is 10.0 Å². The van der Waals surface area contributed by atoms with Crippen molar-refractivity contribution in [1.29, 1.82) is 0 Å². The van der Waals surface area contributed by atoms with Gasteiger partial charge in [-0.25, -0.2) is 10.0 Å². The smallest absolute Gasteiger partial charge is 0.0280 e. The zero-order valence-corrected chi connectivity index (χ0v) is 8.37. The summed E-state index contributed by atoms with van der Waals surface area (Å²) in [6, 6.07) is 0. The van der Waals surface area contributed by atoms with Crippen LogP contribution in [0.1, 0.15) is 0 Å². The van der Waals surface area contributed by atoms with Crippen molar-refractivity contribution >= 4 is 10.0 Å². The van der Waals surface area contributed by atoms with E-state index in [1.807, 2.05) is 0 Å². The topological polar surface area (TPSA) is 29.3 Å². The van der Waals surface area contributed by atoms with Crippen molar-refractivity contribution < 1.29 is 0 Å². The van der Waals surface area contributed by atoms with Crippen molar-refractivity contribution in [2.45, 2.75) is 0 Å². The summed E-state index contributed by atoms with van der Waals surface area (Å²) in [5.74, 6) is 1.20. The maximum absolute atomic E-state index is 5.42. The molecule has 0 fully saturated rings. The molecule has 0 amide bonds. The fourth-order valence-corrected chi connectivity index (χ4v) is 2.40. The average Bonchev–Trinajstić information content (AvgIpc) is 1.59. The molecule has 64 valence electrons. The molecule has 0 saturated heterocycles. The highest BCUT2D eigenvalue weighted by atomic mass is 32.3. The molecule has 0 aromatic carbocycles. The van der Waals surface area contributed by atoms with Gasteiger partial charge in [-0.1, -0.05) is 0 Å². The molecule has 0 saturated carbocycles. The summed E-state index contributed by atoms with van der Waals surface area (Å²) in [7, 11) is 1.75. The van der Waals surface area contributed by atoms with Crippen LogP contribution in [-0.4, -0.2) is 49.7 Å². The highest BCUT2D eigenvalue weighted by molar-refractivity contribution is 8.32. The molecule has 10 heavy (non-hydrogen) atoms. The highest BCUT2D eigenvalue weighted by Gasteiger charge is 2.06. The third-order valence-corrected chi connectivity index (χ3v) is 2.33. The summed E-state index contributed by atoms with van der Waals surface area (Å²) in [5.41, 5.74) is 5.42. The first-order chi connectivity index (χ1) is 4.45. The van der Waals surface area contributed by atoms with Crippen molar-refractivity contribution in [3.63, 3.8) is 0 Å². The van der Waals surface area contributed by atoms with Crippen LogP contribution < -0.4 is 5.73 Å². The van der Waals surface area contributed by atoms with Crippen molar-refractivity contribution in [3.05, 3.63) is 0 Å². The second-order valence-corrected chi connectivity index (χ2v) is 8.03. The van der Waals surface area contributed by atoms with Gasteiger partial charge in [-0.3, -0.25) is 4.90 Å². The highest BCUT2D eigenvalue weighted by Crippen LogP contribution is 2.34. The average molecular weight is 164 g/mol. The quantitative estimate of drug-likeness (QED) is 0.657. The summed E-state index contributed by atoms with van der Waals surface area (Å²) in [5, 5.41) is 0. The van der Waals surface area contributed by atoms with E-state index in [1.165, 1.54) is 5.88 Å². The minimum Gasteiger partial charge on any atom is -0.329 e. The van der Waals surface area contributed by atoms with Gasteiger partial charge in [0.25, 0.3) is 0 Å². The molecular formula is C7H20N2S. The van der Waals surface area contributed by atoms with Crippen molar-refractivity contribution in [2.24, 2.45) is 5.73 Å². The standard InChI is InChI=1S/C7H20N2S/c1-9(6-5-8)7-10(2,3)4/h5-8H2,1-4H3. The molecule has 0 aliphatic rings. The van der Waals surface area contributed by atoms with Gasteiger partial charge in [-0.15, -0.1) is 0 Å². The Hall–Kier alpha value is 0.270. The molecule has 0 atom stereocenters. The predicted molar refractivity (Wildman–Crippen MR) is 51.9 cm³/mol. The molecule has 2 N–H and O–H groups in total. The number of hydrogen-bond donors (Lipinski definition) is 1. The Morgan fingerprint density at radius 2 is 1.80 bits per heavy atom. The zero-order valence-electron chi connectivity index (χ0n) is 7.55. The van der Waals surface area contributed by atoms with Gasteiger partial charge in [0, 0.05) is 19.0 Å². The van der Waals surface area contributed by atoms with Crippen LogP contribution >= 0.6 is 10.0 Å². The number of hydrogen-bond acceptors (Lipinski definition) is 2. The second kappa shape index (κ2) is 4.21. The first-order valence-corrected chi connectivity index (χ1v) is 6.53. The second-order valence-electron chi connectivity index (χ2n) is 3.59. The summed E-state index contributed by atoms with van der Waals surface area (Å²) < 4.78 is 0. The lowest BCUT2D eigenvalue weighted by atomic mass is 10.6. The van der Waals surface area contributed by atoms with Crippen LogP contribution in [0.4, 0.5) is 0 Å².